The number of carbonyl (C=O) groups excluding carboxylic acids is 2. The first-order valence-corrected chi connectivity index (χ1v) is 8.65. The van der Waals surface area contributed by atoms with Gasteiger partial charge in [0, 0.05) is 17.9 Å². The maximum atomic E-state index is 12.8. The maximum absolute atomic E-state index is 12.8. The normalized spacial score (nSPS) is 13.1. The molecule has 124 valence electrons. The van der Waals surface area contributed by atoms with Crippen LogP contribution in [0.2, 0.25) is 0 Å². The second-order valence-corrected chi connectivity index (χ2v) is 6.59. The van der Waals surface area contributed by atoms with Crippen LogP contribution in [0.5, 0.6) is 0 Å². The van der Waals surface area contributed by atoms with Gasteiger partial charge < -0.3 is 10.6 Å². The van der Waals surface area contributed by atoms with Crippen molar-refractivity contribution in [2.75, 3.05) is 11.1 Å². The first-order chi connectivity index (χ1) is 11.6. The van der Waals surface area contributed by atoms with Crippen LogP contribution in [0.3, 0.4) is 0 Å². The van der Waals surface area contributed by atoms with Crippen molar-refractivity contribution >= 4 is 29.3 Å². The third kappa shape index (κ3) is 4.35. The van der Waals surface area contributed by atoms with Crippen molar-refractivity contribution in [1.29, 1.82) is 0 Å². The molecule has 0 aromatic heterocycles. The summed E-state index contributed by atoms with van der Waals surface area (Å²) in [4.78, 5) is 24.4. The minimum absolute atomic E-state index is 0.00650. The lowest BCUT2D eigenvalue weighted by atomic mass is 10.1. The standard InChI is InChI=1S/C18H17FN2O2S/c19-14-5-1-12(2-6-14)4-8-17(22)20-10-13-3-7-16-15(9-13)21-18(23)11-24-16/h1-3,5-7,9H,4,8,10-11H2,(H,20,22)(H,21,23). The van der Waals surface area contributed by atoms with Gasteiger partial charge in [-0.3, -0.25) is 9.59 Å². The number of hydrogen-bond donors (Lipinski definition) is 2. The molecule has 2 amide bonds. The number of halogens is 1. The highest BCUT2D eigenvalue weighted by Crippen LogP contribution is 2.31. The smallest absolute Gasteiger partial charge is 0.234 e. The zero-order valence-electron chi connectivity index (χ0n) is 13.0. The number of amides is 2. The molecule has 6 heteroatoms. The van der Waals surface area contributed by atoms with Crippen molar-refractivity contribution in [2.24, 2.45) is 0 Å². The van der Waals surface area contributed by atoms with Crippen LogP contribution in [0.1, 0.15) is 17.5 Å². The molecular weight excluding hydrogens is 327 g/mol. The molecular formula is C18H17FN2O2S. The van der Waals surface area contributed by atoms with Crippen LogP contribution in [0, 0.1) is 5.82 Å². The van der Waals surface area contributed by atoms with Gasteiger partial charge in [-0.05, 0) is 41.8 Å². The molecule has 0 unspecified atom stereocenters. The van der Waals surface area contributed by atoms with E-state index in [1.54, 1.807) is 12.1 Å². The Morgan fingerprint density at radius 2 is 1.92 bits per heavy atom. The Labute approximate surface area is 143 Å². The van der Waals surface area contributed by atoms with E-state index >= 15 is 0 Å². The average Bonchev–Trinajstić information content (AvgIpc) is 2.59. The number of nitrogens with one attached hydrogen (secondary N) is 2. The fourth-order valence-corrected chi connectivity index (χ4v) is 3.23. The lowest BCUT2D eigenvalue weighted by molar-refractivity contribution is -0.121. The van der Waals surface area contributed by atoms with E-state index in [9.17, 15) is 14.0 Å². The monoisotopic (exact) mass is 344 g/mol. The van der Waals surface area contributed by atoms with Gasteiger partial charge in [-0.15, -0.1) is 11.8 Å². The Kier molecular flexibility index (Phi) is 5.15. The maximum Gasteiger partial charge on any atom is 0.234 e. The molecule has 2 aromatic rings. The zero-order valence-corrected chi connectivity index (χ0v) is 13.8. The van der Waals surface area contributed by atoms with Crippen LogP contribution >= 0.6 is 11.8 Å². The molecule has 1 aliphatic rings. The van der Waals surface area contributed by atoms with E-state index in [4.69, 9.17) is 0 Å². The average molecular weight is 344 g/mol. The van der Waals surface area contributed by atoms with Crippen molar-refractivity contribution in [3.8, 4) is 0 Å². The van der Waals surface area contributed by atoms with Crippen LogP contribution in [0.25, 0.3) is 0 Å². The summed E-state index contributed by atoms with van der Waals surface area (Å²) in [5.41, 5.74) is 2.67. The number of carbonyl (C=O) groups is 2. The molecule has 24 heavy (non-hydrogen) atoms. The molecule has 1 aliphatic heterocycles. The lowest BCUT2D eigenvalue weighted by Crippen LogP contribution is -2.23. The summed E-state index contributed by atoms with van der Waals surface area (Å²) in [6, 6.07) is 12.0. The number of anilines is 1. The van der Waals surface area contributed by atoms with Gasteiger partial charge >= 0.3 is 0 Å². The SMILES string of the molecule is O=C(CCc1ccc(F)cc1)NCc1ccc2c(c1)NC(=O)CS2. The van der Waals surface area contributed by atoms with E-state index in [2.05, 4.69) is 10.6 Å². The third-order valence-electron chi connectivity index (χ3n) is 3.72. The Balaban J connectivity index is 1.50. The Morgan fingerprint density at radius 1 is 1.17 bits per heavy atom. The lowest BCUT2D eigenvalue weighted by Gasteiger charge is -2.17. The van der Waals surface area contributed by atoms with Gasteiger partial charge in [-0.2, -0.15) is 0 Å². The Hall–Kier alpha value is -2.34. The van der Waals surface area contributed by atoms with Crippen LogP contribution < -0.4 is 10.6 Å². The molecule has 4 nitrogen and oxygen atoms in total. The summed E-state index contributed by atoms with van der Waals surface area (Å²) in [7, 11) is 0. The predicted molar refractivity (Wildman–Crippen MR) is 92.4 cm³/mol. The summed E-state index contributed by atoms with van der Waals surface area (Å²) in [6.45, 7) is 0.413. The molecule has 0 atom stereocenters. The minimum atomic E-state index is -0.277. The highest BCUT2D eigenvalue weighted by atomic mass is 32.2. The predicted octanol–water partition coefficient (Wildman–Crippen LogP) is 3.12. The largest absolute Gasteiger partial charge is 0.352 e. The highest BCUT2D eigenvalue weighted by Gasteiger charge is 2.15. The summed E-state index contributed by atoms with van der Waals surface area (Å²) in [5, 5.41) is 5.70. The van der Waals surface area contributed by atoms with E-state index in [-0.39, 0.29) is 17.6 Å². The molecule has 0 radical (unpaired) electrons. The van der Waals surface area contributed by atoms with Crippen LogP contribution in [0.15, 0.2) is 47.4 Å². The number of hydrogen-bond acceptors (Lipinski definition) is 3. The fraction of sp³-hybridized carbons (Fsp3) is 0.222. The number of thioether (sulfide) groups is 1. The van der Waals surface area contributed by atoms with Crippen LogP contribution in [-0.4, -0.2) is 17.6 Å². The quantitative estimate of drug-likeness (QED) is 0.876. The molecule has 0 saturated carbocycles. The van der Waals surface area contributed by atoms with Crippen LogP contribution in [0.4, 0.5) is 10.1 Å². The summed E-state index contributed by atoms with van der Waals surface area (Å²) < 4.78 is 12.8. The molecule has 0 fully saturated rings. The topological polar surface area (TPSA) is 58.2 Å². The van der Waals surface area contributed by atoms with Crippen molar-refractivity contribution in [3.05, 3.63) is 59.4 Å². The highest BCUT2D eigenvalue weighted by molar-refractivity contribution is 8.00. The van der Waals surface area contributed by atoms with Crippen molar-refractivity contribution in [2.45, 2.75) is 24.3 Å². The van der Waals surface area contributed by atoms with Crippen molar-refractivity contribution in [3.63, 3.8) is 0 Å². The Bertz CT molecular complexity index is 762. The van der Waals surface area contributed by atoms with Gasteiger partial charge in [0.05, 0.1) is 11.4 Å². The number of aryl methyl sites for hydroxylation is 1. The number of benzene rings is 2. The van der Waals surface area contributed by atoms with E-state index < -0.39 is 0 Å². The molecule has 0 aliphatic carbocycles. The first-order valence-electron chi connectivity index (χ1n) is 7.67. The molecule has 2 N–H and O–H groups in total. The van der Waals surface area contributed by atoms with Gasteiger partial charge in [-0.25, -0.2) is 4.39 Å². The van der Waals surface area contributed by atoms with Gasteiger partial charge in [0.15, 0.2) is 0 Å². The zero-order chi connectivity index (χ0) is 16.9. The van der Waals surface area contributed by atoms with E-state index in [0.29, 0.717) is 25.1 Å². The van der Waals surface area contributed by atoms with E-state index in [1.807, 2.05) is 18.2 Å². The second kappa shape index (κ2) is 7.49. The third-order valence-corrected chi connectivity index (χ3v) is 4.79. The first kappa shape index (κ1) is 16.5. The van der Waals surface area contributed by atoms with Crippen molar-refractivity contribution < 1.29 is 14.0 Å². The van der Waals surface area contributed by atoms with Gasteiger partial charge in [0.1, 0.15) is 5.82 Å². The molecule has 3 rings (SSSR count). The van der Waals surface area contributed by atoms with E-state index in [1.165, 1.54) is 23.9 Å². The molecule has 0 bridgehead atoms. The molecule has 0 saturated heterocycles. The summed E-state index contributed by atoms with van der Waals surface area (Å²) in [5.74, 6) is 0.0937. The number of rotatable bonds is 5. The summed E-state index contributed by atoms with van der Waals surface area (Å²) in [6.07, 6.45) is 0.923. The van der Waals surface area contributed by atoms with E-state index in [0.717, 1.165) is 21.7 Å². The molecule has 0 spiro atoms. The molecule has 1 heterocycles. The van der Waals surface area contributed by atoms with Crippen molar-refractivity contribution in [1.82, 2.24) is 5.32 Å². The second-order valence-electron chi connectivity index (χ2n) is 5.57. The van der Waals surface area contributed by atoms with Crippen LogP contribution in [-0.2, 0) is 22.6 Å². The van der Waals surface area contributed by atoms with Gasteiger partial charge in [0.25, 0.3) is 0 Å². The number of fused-ring (bicyclic) bond motifs is 1. The minimum Gasteiger partial charge on any atom is -0.352 e. The van der Waals surface area contributed by atoms with Gasteiger partial charge in [0.2, 0.25) is 11.8 Å². The molecule has 2 aromatic carbocycles. The summed E-state index contributed by atoms with van der Waals surface area (Å²) >= 11 is 1.51. The Morgan fingerprint density at radius 3 is 2.71 bits per heavy atom. The van der Waals surface area contributed by atoms with Gasteiger partial charge in [-0.1, -0.05) is 18.2 Å². The fourth-order valence-electron chi connectivity index (χ4n) is 2.44.